The van der Waals surface area contributed by atoms with Gasteiger partial charge in [-0.25, -0.2) is 4.39 Å². The van der Waals surface area contributed by atoms with Crippen molar-refractivity contribution in [2.75, 3.05) is 5.32 Å². The van der Waals surface area contributed by atoms with Crippen molar-refractivity contribution >= 4 is 5.69 Å². The maximum Gasteiger partial charge on any atom is 0.250 e. The highest BCUT2D eigenvalue weighted by atomic mass is 19.1. The lowest BCUT2D eigenvalue weighted by Crippen LogP contribution is -2.22. The number of hydrogen-bond donors (Lipinski definition) is 1. The summed E-state index contributed by atoms with van der Waals surface area (Å²) in [5, 5.41) is 3.32. The number of hydrogen-bond acceptors (Lipinski definition) is 2. The SMILES string of the molecule is CCCn1cc(NC(C)Cc2ccccc2F)ccc1=O. The highest BCUT2D eigenvalue weighted by Crippen LogP contribution is 2.12. The van der Waals surface area contributed by atoms with Gasteiger partial charge in [0.1, 0.15) is 5.82 Å². The number of anilines is 1. The molecule has 0 bridgehead atoms. The van der Waals surface area contributed by atoms with Crippen molar-refractivity contribution in [2.45, 2.75) is 39.3 Å². The summed E-state index contributed by atoms with van der Waals surface area (Å²) >= 11 is 0. The van der Waals surface area contributed by atoms with Gasteiger partial charge in [-0.15, -0.1) is 0 Å². The molecule has 1 atom stereocenters. The summed E-state index contributed by atoms with van der Waals surface area (Å²) < 4.78 is 15.3. The topological polar surface area (TPSA) is 34.0 Å². The fraction of sp³-hybridized carbons (Fsp3) is 0.353. The third kappa shape index (κ3) is 4.18. The van der Waals surface area contributed by atoms with Gasteiger partial charge < -0.3 is 9.88 Å². The third-order valence-electron chi connectivity index (χ3n) is 3.34. The van der Waals surface area contributed by atoms with Crippen LogP contribution >= 0.6 is 0 Å². The average molecular weight is 288 g/mol. The van der Waals surface area contributed by atoms with Crippen LogP contribution < -0.4 is 10.9 Å². The molecule has 0 radical (unpaired) electrons. The zero-order valence-corrected chi connectivity index (χ0v) is 12.5. The lowest BCUT2D eigenvalue weighted by Gasteiger charge is -2.16. The van der Waals surface area contributed by atoms with Gasteiger partial charge in [0.05, 0.1) is 5.69 Å². The van der Waals surface area contributed by atoms with Gasteiger partial charge in [0, 0.05) is 24.8 Å². The number of rotatable bonds is 6. The third-order valence-corrected chi connectivity index (χ3v) is 3.34. The van der Waals surface area contributed by atoms with Crippen LogP contribution in [0.5, 0.6) is 0 Å². The second kappa shape index (κ2) is 7.07. The van der Waals surface area contributed by atoms with E-state index in [1.54, 1.807) is 28.8 Å². The van der Waals surface area contributed by atoms with E-state index >= 15 is 0 Å². The number of nitrogens with zero attached hydrogens (tertiary/aromatic N) is 1. The predicted molar refractivity (Wildman–Crippen MR) is 84.2 cm³/mol. The van der Waals surface area contributed by atoms with Crippen LogP contribution in [0.1, 0.15) is 25.8 Å². The van der Waals surface area contributed by atoms with E-state index in [4.69, 9.17) is 0 Å². The van der Waals surface area contributed by atoms with Crippen molar-refractivity contribution in [1.82, 2.24) is 4.57 Å². The Hall–Kier alpha value is -2.10. The molecule has 0 saturated carbocycles. The van der Waals surface area contributed by atoms with E-state index in [0.717, 1.165) is 12.1 Å². The largest absolute Gasteiger partial charge is 0.381 e. The molecule has 0 aliphatic heterocycles. The van der Waals surface area contributed by atoms with Gasteiger partial charge in [-0.2, -0.15) is 0 Å². The van der Waals surface area contributed by atoms with E-state index in [0.29, 0.717) is 18.5 Å². The molecule has 2 aromatic rings. The fourth-order valence-electron chi connectivity index (χ4n) is 2.36. The Bertz CT molecular complexity index is 651. The highest BCUT2D eigenvalue weighted by molar-refractivity contribution is 5.41. The Morgan fingerprint density at radius 2 is 2.00 bits per heavy atom. The van der Waals surface area contributed by atoms with Gasteiger partial charge in [0.15, 0.2) is 0 Å². The van der Waals surface area contributed by atoms with Crippen molar-refractivity contribution in [3.05, 3.63) is 64.3 Å². The van der Waals surface area contributed by atoms with Crippen LogP contribution in [-0.2, 0) is 13.0 Å². The van der Waals surface area contributed by atoms with Gasteiger partial charge >= 0.3 is 0 Å². The van der Waals surface area contributed by atoms with E-state index in [-0.39, 0.29) is 17.4 Å². The Kier molecular flexibility index (Phi) is 5.14. The molecule has 0 amide bonds. The van der Waals surface area contributed by atoms with Gasteiger partial charge in [-0.05, 0) is 37.5 Å². The molecule has 1 N–H and O–H groups in total. The minimum Gasteiger partial charge on any atom is -0.381 e. The van der Waals surface area contributed by atoms with E-state index in [1.165, 1.54) is 6.07 Å². The number of aromatic nitrogens is 1. The van der Waals surface area contributed by atoms with Gasteiger partial charge in [0.2, 0.25) is 0 Å². The van der Waals surface area contributed by atoms with Crippen LogP contribution in [0.3, 0.4) is 0 Å². The summed E-state index contributed by atoms with van der Waals surface area (Å²) in [5.74, 6) is -0.179. The van der Waals surface area contributed by atoms with Crippen molar-refractivity contribution in [1.29, 1.82) is 0 Å². The monoisotopic (exact) mass is 288 g/mol. The first-order chi connectivity index (χ1) is 10.1. The molecule has 1 aromatic carbocycles. The molecule has 4 heteroatoms. The summed E-state index contributed by atoms with van der Waals surface area (Å²) in [6.45, 7) is 4.74. The lowest BCUT2D eigenvalue weighted by atomic mass is 10.1. The van der Waals surface area contributed by atoms with Crippen LogP contribution in [0.4, 0.5) is 10.1 Å². The fourth-order valence-corrected chi connectivity index (χ4v) is 2.36. The van der Waals surface area contributed by atoms with Crippen LogP contribution in [0.15, 0.2) is 47.4 Å². The summed E-state index contributed by atoms with van der Waals surface area (Å²) in [6.07, 6.45) is 3.33. The van der Waals surface area contributed by atoms with Crippen molar-refractivity contribution < 1.29 is 4.39 Å². The quantitative estimate of drug-likeness (QED) is 0.883. The first-order valence-corrected chi connectivity index (χ1v) is 7.30. The summed E-state index contributed by atoms with van der Waals surface area (Å²) in [4.78, 5) is 11.7. The normalized spacial score (nSPS) is 12.1. The zero-order valence-electron chi connectivity index (χ0n) is 12.5. The number of pyridine rings is 1. The maximum atomic E-state index is 13.6. The average Bonchev–Trinajstić information content (AvgIpc) is 2.45. The molecular weight excluding hydrogens is 267 g/mol. The van der Waals surface area contributed by atoms with Gasteiger partial charge in [0.25, 0.3) is 5.56 Å². The smallest absolute Gasteiger partial charge is 0.250 e. The Morgan fingerprint density at radius 1 is 1.24 bits per heavy atom. The maximum absolute atomic E-state index is 13.6. The first kappa shape index (κ1) is 15.3. The second-order valence-electron chi connectivity index (χ2n) is 5.29. The Labute approximate surface area is 124 Å². The van der Waals surface area contributed by atoms with E-state index in [1.807, 2.05) is 26.1 Å². The molecule has 21 heavy (non-hydrogen) atoms. The van der Waals surface area contributed by atoms with E-state index < -0.39 is 0 Å². The first-order valence-electron chi connectivity index (χ1n) is 7.30. The molecule has 0 aliphatic carbocycles. The molecule has 0 aliphatic rings. The molecule has 0 fully saturated rings. The molecule has 0 spiro atoms. The van der Waals surface area contributed by atoms with Crippen LogP contribution in [0, 0.1) is 5.82 Å². The van der Waals surface area contributed by atoms with Gasteiger partial charge in [-0.3, -0.25) is 4.79 Å². The molecule has 112 valence electrons. The number of halogens is 1. The molecule has 0 saturated heterocycles. The number of aryl methyl sites for hydroxylation is 1. The highest BCUT2D eigenvalue weighted by Gasteiger charge is 2.08. The van der Waals surface area contributed by atoms with Crippen molar-refractivity contribution in [2.24, 2.45) is 0 Å². The van der Waals surface area contributed by atoms with Crippen LogP contribution in [-0.4, -0.2) is 10.6 Å². The van der Waals surface area contributed by atoms with Crippen LogP contribution in [0.2, 0.25) is 0 Å². The molecule has 1 heterocycles. The van der Waals surface area contributed by atoms with Crippen molar-refractivity contribution in [3.63, 3.8) is 0 Å². The standard InChI is InChI=1S/C17H21FN2O/c1-3-10-20-12-15(8-9-17(20)21)19-13(2)11-14-6-4-5-7-16(14)18/h4-9,12-13,19H,3,10-11H2,1-2H3. The van der Waals surface area contributed by atoms with E-state index in [9.17, 15) is 9.18 Å². The number of benzene rings is 1. The molecule has 1 aromatic heterocycles. The minimum atomic E-state index is -0.179. The summed E-state index contributed by atoms with van der Waals surface area (Å²) in [7, 11) is 0. The predicted octanol–water partition coefficient (Wildman–Crippen LogP) is 3.44. The lowest BCUT2D eigenvalue weighted by molar-refractivity contribution is 0.601. The summed E-state index contributed by atoms with van der Waals surface area (Å²) in [5.41, 5.74) is 1.58. The van der Waals surface area contributed by atoms with Crippen LogP contribution in [0.25, 0.3) is 0 Å². The number of nitrogens with one attached hydrogen (secondary N) is 1. The Morgan fingerprint density at radius 3 is 2.71 bits per heavy atom. The van der Waals surface area contributed by atoms with Gasteiger partial charge in [-0.1, -0.05) is 25.1 Å². The van der Waals surface area contributed by atoms with Crippen molar-refractivity contribution in [3.8, 4) is 0 Å². The molecule has 2 rings (SSSR count). The molecule has 1 unspecified atom stereocenters. The minimum absolute atomic E-state index is 0.00385. The second-order valence-corrected chi connectivity index (χ2v) is 5.29. The molecule has 3 nitrogen and oxygen atoms in total. The molecular formula is C17H21FN2O. The summed E-state index contributed by atoms with van der Waals surface area (Å²) in [6, 6.07) is 10.2. The Balaban J connectivity index is 2.06. The zero-order chi connectivity index (χ0) is 15.2. The van der Waals surface area contributed by atoms with E-state index in [2.05, 4.69) is 5.32 Å².